The molecule has 0 saturated carbocycles. The molecule has 3 aromatic rings. The van der Waals surface area contributed by atoms with Gasteiger partial charge in [0.1, 0.15) is 5.82 Å². The molecule has 98 valence electrons. The van der Waals surface area contributed by atoms with Crippen LogP contribution in [0, 0.1) is 6.92 Å². The molecule has 1 aromatic heterocycles. The Morgan fingerprint density at radius 3 is 2.55 bits per heavy atom. The van der Waals surface area contributed by atoms with Crippen molar-refractivity contribution in [3.63, 3.8) is 0 Å². The van der Waals surface area contributed by atoms with Gasteiger partial charge in [0.2, 0.25) is 0 Å². The summed E-state index contributed by atoms with van der Waals surface area (Å²) >= 11 is 0. The average Bonchev–Trinajstić information content (AvgIpc) is 2.49. The molecule has 0 radical (unpaired) electrons. The van der Waals surface area contributed by atoms with Gasteiger partial charge >= 0.3 is 0 Å². The number of nitrogens with zero attached hydrogens (tertiary/aromatic N) is 1. The summed E-state index contributed by atoms with van der Waals surface area (Å²) in [7, 11) is 0. The molecule has 0 bridgehead atoms. The number of aromatic nitrogens is 1. The summed E-state index contributed by atoms with van der Waals surface area (Å²) in [6, 6.07) is 18.9. The zero-order valence-electron chi connectivity index (χ0n) is 11.1. The van der Waals surface area contributed by atoms with E-state index in [9.17, 15) is 4.79 Å². The molecule has 0 saturated heterocycles. The SMILES string of the molecule is Cc1cccc2ccc(NC(=O)c3ccccc3)nc12. The second-order valence-electron chi connectivity index (χ2n) is 4.66. The van der Waals surface area contributed by atoms with Gasteiger partial charge in [0, 0.05) is 10.9 Å². The minimum absolute atomic E-state index is 0.147. The summed E-state index contributed by atoms with van der Waals surface area (Å²) in [5.74, 6) is 0.423. The lowest BCUT2D eigenvalue weighted by molar-refractivity contribution is 0.102. The average molecular weight is 262 g/mol. The molecule has 0 aliphatic carbocycles. The number of fused-ring (bicyclic) bond motifs is 1. The van der Waals surface area contributed by atoms with Crippen LogP contribution in [0.15, 0.2) is 60.7 Å². The smallest absolute Gasteiger partial charge is 0.256 e. The number of benzene rings is 2. The number of para-hydroxylation sites is 1. The third-order valence-corrected chi connectivity index (χ3v) is 3.20. The van der Waals surface area contributed by atoms with Crippen LogP contribution in [0.2, 0.25) is 0 Å². The molecule has 1 N–H and O–H groups in total. The second kappa shape index (κ2) is 5.13. The minimum Gasteiger partial charge on any atom is -0.307 e. The van der Waals surface area contributed by atoms with Gasteiger partial charge in [0.15, 0.2) is 0 Å². The predicted octanol–water partition coefficient (Wildman–Crippen LogP) is 3.80. The Bertz CT molecular complexity index is 766. The highest BCUT2D eigenvalue weighted by Gasteiger charge is 2.07. The van der Waals surface area contributed by atoms with E-state index in [-0.39, 0.29) is 5.91 Å². The Hall–Kier alpha value is -2.68. The van der Waals surface area contributed by atoms with E-state index >= 15 is 0 Å². The highest BCUT2D eigenvalue weighted by molar-refractivity contribution is 6.04. The Morgan fingerprint density at radius 1 is 0.950 bits per heavy atom. The summed E-state index contributed by atoms with van der Waals surface area (Å²) in [6.07, 6.45) is 0. The first-order valence-electron chi connectivity index (χ1n) is 6.47. The molecule has 3 heteroatoms. The molecular weight excluding hydrogens is 248 g/mol. The zero-order chi connectivity index (χ0) is 13.9. The lowest BCUT2D eigenvalue weighted by atomic mass is 10.1. The number of anilines is 1. The van der Waals surface area contributed by atoms with Crippen LogP contribution >= 0.6 is 0 Å². The van der Waals surface area contributed by atoms with Gasteiger partial charge in [0.25, 0.3) is 5.91 Å². The summed E-state index contributed by atoms with van der Waals surface area (Å²) in [6.45, 7) is 2.01. The monoisotopic (exact) mass is 262 g/mol. The van der Waals surface area contributed by atoms with Crippen LogP contribution in [0.5, 0.6) is 0 Å². The Balaban J connectivity index is 1.92. The lowest BCUT2D eigenvalue weighted by Crippen LogP contribution is -2.12. The quantitative estimate of drug-likeness (QED) is 0.763. The van der Waals surface area contributed by atoms with E-state index in [2.05, 4.69) is 10.3 Å². The number of amides is 1. The standard InChI is InChI=1S/C17H14N2O/c1-12-6-5-9-13-10-11-15(18-16(12)13)19-17(20)14-7-3-2-4-8-14/h2-11H,1H3,(H,18,19,20). The molecule has 20 heavy (non-hydrogen) atoms. The van der Waals surface area contributed by atoms with Gasteiger partial charge in [-0.15, -0.1) is 0 Å². The molecule has 0 spiro atoms. The summed E-state index contributed by atoms with van der Waals surface area (Å²) in [5, 5.41) is 3.90. The Morgan fingerprint density at radius 2 is 1.75 bits per heavy atom. The zero-order valence-corrected chi connectivity index (χ0v) is 11.1. The third kappa shape index (κ3) is 2.38. The van der Waals surface area contributed by atoms with Gasteiger partial charge in [-0.3, -0.25) is 4.79 Å². The van der Waals surface area contributed by atoms with Gasteiger partial charge < -0.3 is 5.32 Å². The molecule has 0 aliphatic rings. The summed E-state index contributed by atoms with van der Waals surface area (Å²) in [4.78, 5) is 16.6. The maximum absolute atomic E-state index is 12.1. The first-order chi connectivity index (χ1) is 9.74. The van der Waals surface area contributed by atoms with Crippen LogP contribution in [0.4, 0.5) is 5.82 Å². The van der Waals surface area contributed by atoms with Gasteiger partial charge in [-0.2, -0.15) is 0 Å². The fourth-order valence-corrected chi connectivity index (χ4v) is 2.14. The molecule has 2 aromatic carbocycles. The predicted molar refractivity (Wildman–Crippen MR) is 80.9 cm³/mol. The largest absolute Gasteiger partial charge is 0.307 e. The molecule has 0 aliphatic heterocycles. The van der Waals surface area contributed by atoms with Crippen molar-refractivity contribution in [2.75, 3.05) is 5.32 Å². The molecular formula is C17H14N2O. The molecule has 0 atom stereocenters. The number of hydrogen-bond donors (Lipinski definition) is 1. The van der Waals surface area contributed by atoms with E-state index in [0.717, 1.165) is 16.5 Å². The van der Waals surface area contributed by atoms with E-state index in [0.29, 0.717) is 11.4 Å². The van der Waals surface area contributed by atoms with Crippen LogP contribution in [-0.2, 0) is 0 Å². The summed E-state index contributed by atoms with van der Waals surface area (Å²) in [5.41, 5.74) is 2.64. The van der Waals surface area contributed by atoms with Crippen LogP contribution < -0.4 is 5.32 Å². The fraction of sp³-hybridized carbons (Fsp3) is 0.0588. The van der Waals surface area contributed by atoms with Crippen molar-refractivity contribution in [2.24, 2.45) is 0 Å². The molecule has 1 amide bonds. The van der Waals surface area contributed by atoms with Crippen LogP contribution in [0.1, 0.15) is 15.9 Å². The van der Waals surface area contributed by atoms with Crippen molar-refractivity contribution in [3.05, 3.63) is 71.8 Å². The van der Waals surface area contributed by atoms with E-state index in [1.165, 1.54) is 0 Å². The van der Waals surface area contributed by atoms with Crippen molar-refractivity contribution < 1.29 is 4.79 Å². The fourth-order valence-electron chi connectivity index (χ4n) is 2.14. The van der Waals surface area contributed by atoms with Crippen LogP contribution in [0.3, 0.4) is 0 Å². The van der Waals surface area contributed by atoms with E-state index in [1.807, 2.05) is 55.5 Å². The maximum Gasteiger partial charge on any atom is 0.256 e. The van der Waals surface area contributed by atoms with Gasteiger partial charge in [-0.25, -0.2) is 4.98 Å². The number of pyridine rings is 1. The first kappa shape index (κ1) is 12.4. The summed E-state index contributed by atoms with van der Waals surface area (Å²) < 4.78 is 0. The minimum atomic E-state index is -0.147. The van der Waals surface area contributed by atoms with Crippen LogP contribution in [-0.4, -0.2) is 10.9 Å². The second-order valence-corrected chi connectivity index (χ2v) is 4.66. The van der Waals surface area contributed by atoms with Crippen molar-refractivity contribution >= 4 is 22.6 Å². The molecule has 0 fully saturated rings. The molecule has 3 rings (SSSR count). The van der Waals surface area contributed by atoms with Gasteiger partial charge in [-0.1, -0.05) is 36.4 Å². The van der Waals surface area contributed by atoms with Crippen molar-refractivity contribution in [3.8, 4) is 0 Å². The van der Waals surface area contributed by atoms with Crippen molar-refractivity contribution in [1.82, 2.24) is 4.98 Å². The normalized spacial score (nSPS) is 10.4. The molecule has 1 heterocycles. The van der Waals surface area contributed by atoms with Crippen LogP contribution in [0.25, 0.3) is 10.9 Å². The highest BCUT2D eigenvalue weighted by Crippen LogP contribution is 2.18. The molecule has 3 nitrogen and oxygen atoms in total. The first-order valence-corrected chi connectivity index (χ1v) is 6.47. The topological polar surface area (TPSA) is 42.0 Å². The number of aryl methyl sites for hydroxylation is 1. The number of rotatable bonds is 2. The van der Waals surface area contributed by atoms with Gasteiger partial charge in [0.05, 0.1) is 5.52 Å². The number of hydrogen-bond acceptors (Lipinski definition) is 2. The van der Waals surface area contributed by atoms with E-state index in [1.54, 1.807) is 12.1 Å². The third-order valence-electron chi connectivity index (χ3n) is 3.20. The number of carbonyl (C=O) groups excluding carboxylic acids is 1. The van der Waals surface area contributed by atoms with Crippen molar-refractivity contribution in [2.45, 2.75) is 6.92 Å². The van der Waals surface area contributed by atoms with Gasteiger partial charge in [-0.05, 0) is 36.8 Å². The molecule has 0 unspecified atom stereocenters. The Labute approximate surface area is 117 Å². The number of carbonyl (C=O) groups is 1. The van der Waals surface area contributed by atoms with E-state index in [4.69, 9.17) is 0 Å². The lowest BCUT2D eigenvalue weighted by Gasteiger charge is -2.07. The van der Waals surface area contributed by atoms with Crippen molar-refractivity contribution in [1.29, 1.82) is 0 Å². The number of nitrogens with one attached hydrogen (secondary N) is 1. The van der Waals surface area contributed by atoms with E-state index < -0.39 is 0 Å². The Kier molecular flexibility index (Phi) is 3.17. The highest BCUT2D eigenvalue weighted by atomic mass is 16.1. The maximum atomic E-state index is 12.1.